The summed E-state index contributed by atoms with van der Waals surface area (Å²) in [6, 6.07) is 6.82. The number of nitrogens with zero attached hydrogens (tertiary/aromatic N) is 1. The van der Waals surface area contributed by atoms with Gasteiger partial charge in [-0.25, -0.2) is 4.39 Å². The van der Waals surface area contributed by atoms with Crippen molar-refractivity contribution in [3.05, 3.63) is 35.6 Å². The summed E-state index contributed by atoms with van der Waals surface area (Å²) in [7, 11) is 0. The normalized spacial score (nSPS) is 15.1. The van der Waals surface area contributed by atoms with Gasteiger partial charge < -0.3 is 5.73 Å². The molecule has 0 aromatic heterocycles. The summed E-state index contributed by atoms with van der Waals surface area (Å²) < 4.78 is 13.5. The van der Waals surface area contributed by atoms with Gasteiger partial charge in [-0.1, -0.05) is 32.0 Å². The lowest BCUT2D eigenvalue weighted by atomic mass is 10.00. The molecule has 0 amide bonds. The Labute approximate surface area is 97.3 Å². The highest BCUT2D eigenvalue weighted by Gasteiger charge is 2.26. The molecule has 3 heteroatoms. The van der Waals surface area contributed by atoms with E-state index in [9.17, 15) is 4.39 Å². The maximum atomic E-state index is 13.5. The molecular weight excluding hydrogens is 203 g/mol. The Bertz CT molecular complexity index is 332. The Morgan fingerprint density at radius 1 is 1.25 bits per heavy atom. The Kier molecular flexibility index (Phi) is 4.44. The third-order valence-corrected chi connectivity index (χ3v) is 2.99. The van der Waals surface area contributed by atoms with Crippen LogP contribution in [0, 0.1) is 5.82 Å². The first-order valence-corrected chi connectivity index (χ1v) is 5.78. The predicted molar refractivity (Wildman–Crippen MR) is 65.6 cm³/mol. The summed E-state index contributed by atoms with van der Waals surface area (Å²) in [4.78, 5) is 2.14. The van der Waals surface area contributed by atoms with Crippen molar-refractivity contribution in [3.63, 3.8) is 0 Å². The maximum Gasteiger partial charge on any atom is 0.126 e. The molecule has 0 radical (unpaired) electrons. The average molecular weight is 224 g/mol. The SMILES string of the molecule is CCN(CC)C(C)(N)Cc1ccccc1F. The van der Waals surface area contributed by atoms with E-state index < -0.39 is 5.66 Å². The third kappa shape index (κ3) is 3.03. The van der Waals surface area contributed by atoms with Crippen LogP contribution in [0.1, 0.15) is 26.3 Å². The van der Waals surface area contributed by atoms with E-state index in [0.29, 0.717) is 12.0 Å². The van der Waals surface area contributed by atoms with Crippen LogP contribution in [0.5, 0.6) is 0 Å². The third-order valence-electron chi connectivity index (χ3n) is 2.99. The zero-order valence-corrected chi connectivity index (χ0v) is 10.3. The van der Waals surface area contributed by atoms with Crippen molar-refractivity contribution >= 4 is 0 Å². The first kappa shape index (κ1) is 13.1. The van der Waals surface area contributed by atoms with Crippen molar-refractivity contribution in [1.29, 1.82) is 0 Å². The van der Waals surface area contributed by atoms with Gasteiger partial charge in [-0.05, 0) is 31.6 Å². The van der Waals surface area contributed by atoms with Gasteiger partial charge in [-0.3, -0.25) is 4.90 Å². The van der Waals surface area contributed by atoms with Crippen LogP contribution in [0.4, 0.5) is 4.39 Å². The van der Waals surface area contributed by atoms with Gasteiger partial charge in [0.2, 0.25) is 0 Å². The van der Waals surface area contributed by atoms with Crippen molar-refractivity contribution in [2.45, 2.75) is 32.9 Å². The highest BCUT2D eigenvalue weighted by molar-refractivity contribution is 5.19. The number of rotatable bonds is 5. The molecule has 0 saturated heterocycles. The van der Waals surface area contributed by atoms with Crippen LogP contribution >= 0.6 is 0 Å². The second kappa shape index (κ2) is 5.41. The standard InChI is InChI=1S/C13H21FN2/c1-4-16(5-2)13(3,15)10-11-8-6-7-9-12(11)14/h6-9H,4-5,10,15H2,1-3H3. The highest BCUT2D eigenvalue weighted by atomic mass is 19.1. The lowest BCUT2D eigenvalue weighted by molar-refractivity contribution is 0.122. The molecule has 1 rings (SSSR count). The fourth-order valence-corrected chi connectivity index (χ4v) is 2.09. The van der Waals surface area contributed by atoms with E-state index in [1.54, 1.807) is 12.1 Å². The first-order chi connectivity index (χ1) is 7.51. The zero-order valence-electron chi connectivity index (χ0n) is 10.3. The van der Waals surface area contributed by atoms with Crippen LogP contribution in [0.2, 0.25) is 0 Å². The number of hydrogen-bond acceptors (Lipinski definition) is 2. The summed E-state index contributed by atoms with van der Waals surface area (Å²) in [5.41, 5.74) is 6.43. The van der Waals surface area contributed by atoms with Crippen molar-refractivity contribution in [2.75, 3.05) is 13.1 Å². The van der Waals surface area contributed by atoms with Gasteiger partial charge in [-0.15, -0.1) is 0 Å². The summed E-state index contributed by atoms with van der Waals surface area (Å²) in [6.07, 6.45) is 0.529. The van der Waals surface area contributed by atoms with Gasteiger partial charge in [0, 0.05) is 6.42 Å². The Balaban J connectivity index is 2.83. The zero-order chi connectivity index (χ0) is 12.2. The van der Waals surface area contributed by atoms with Gasteiger partial charge in [0.25, 0.3) is 0 Å². The van der Waals surface area contributed by atoms with Gasteiger partial charge in [-0.2, -0.15) is 0 Å². The second-order valence-corrected chi connectivity index (χ2v) is 4.30. The molecule has 90 valence electrons. The van der Waals surface area contributed by atoms with Crippen molar-refractivity contribution in [3.8, 4) is 0 Å². The van der Waals surface area contributed by atoms with Crippen LogP contribution in [0.3, 0.4) is 0 Å². The van der Waals surface area contributed by atoms with Crippen molar-refractivity contribution in [2.24, 2.45) is 5.73 Å². The van der Waals surface area contributed by atoms with Gasteiger partial charge in [0.05, 0.1) is 5.66 Å². The predicted octanol–water partition coefficient (Wildman–Crippen LogP) is 2.38. The monoisotopic (exact) mass is 224 g/mol. The number of halogens is 1. The molecule has 0 aliphatic carbocycles. The minimum Gasteiger partial charge on any atom is -0.313 e. The molecule has 2 nitrogen and oxygen atoms in total. The van der Waals surface area contributed by atoms with E-state index in [-0.39, 0.29) is 5.82 Å². The van der Waals surface area contributed by atoms with Crippen LogP contribution in [-0.2, 0) is 6.42 Å². The molecule has 0 saturated carbocycles. The second-order valence-electron chi connectivity index (χ2n) is 4.30. The molecule has 0 aliphatic heterocycles. The molecule has 0 bridgehead atoms. The van der Waals surface area contributed by atoms with Crippen LogP contribution in [0.25, 0.3) is 0 Å². The van der Waals surface area contributed by atoms with E-state index in [0.717, 1.165) is 13.1 Å². The summed E-state index contributed by atoms with van der Waals surface area (Å²) in [5.74, 6) is -0.175. The molecule has 1 aromatic carbocycles. The molecule has 2 N–H and O–H groups in total. The van der Waals surface area contributed by atoms with Crippen LogP contribution in [-0.4, -0.2) is 23.7 Å². The fraction of sp³-hybridized carbons (Fsp3) is 0.538. The lowest BCUT2D eigenvalue weighted by Crippen LogP contribution is -2.55. The van der Waals surface area contributed by atoms with Gasteiger partial charge in [0.1, 0.15) is 5.82 Å². The van der Waals surface area contributed by atoms with Crippen LogP contribution < -0.4 is 5.73 Å². The number of likely N-dealkylation sites (N-methyl/N-ethyl adjacent to an activating group) is 1. The number of hydrogen-bond donors (Lipinski definition) is 1. The minimum atomic E-state index is -0.494. The van der Waals surface area contributed by atoms with Crippen LogP contribution in [0.15, 0.2) is 24.3 Å². The first-order valence-electron chi connectivity index (χ1n) is 5.78. The lowest BCUT2D eigenvalue weighted by Gasteiger charge is -2.37. The molecule has 1 unspecified atom stereocenters. The summed E-state index contributed by atoms with van der Waals surface area (Å²) >= 11 is 0. The summed E-state index contributed by atoms with van der Waals surface area (Å²) in [6.45, 7) is 7.83. The van der Waals surface area contributed by atoms with Crippen molar-refractivity contribution in [1.82, 2.24) is 4.90 Å². The van der Waals surface area contributed by atoms with E-state index in [1.165, 1.54) is 6.07 Å². The van der Waals surface area contributed by atoms with Gasteiger partial charge in [0.15, 0.2) is 0 Å². The van der Waals surface area contributed by atoms with Gasteiger partial charge >= 0.3 is 0 Å². The molecule has 16 heavy (non-hydrogen) atoms. The summed E-state index contributed by atoms with van der Waals surface area (Å²) in [5, 5.41) is 0. The molecule has 0 heterocycles. The largest absolute Gasteiger partial charge is 0.313 e. The molecule has 1 atom stereocenters. The Hall–Kier alpha value is -0.930. The topological polar surface area (TPSA) is 29.3 Å². The smallest absolute Gasteiger partial charge is 0.126 e. The van der Waals surface area contributed by atoms with Crippen molar-refractivity contribution < 1.29 is 4.39 Å². The van der Waals surface area contributed by atoms with E-state index in [4.69, 9.17) is 5.73 Å². The number of benzene rings is 1. The molecule has 1 aromatic rings. The molecular formula is C13H21FN2. The minimum absolute atomic E-state index is 0.175. The molecule has 0 spiro atoms. The highest BCUT2D eigenvalue weighted by Crippen LogP contribution is 2.17. The fourth-order valence-electron chi connectivity index (χ4n) is 2.09. The number of nitrogens with two attached hydrogens (primary N) is 1. The molecule has 0 fully saturated rings. The molecule has 0 aliphatic rings. The Morgan fingerprint density at radius 3 is 2.31 bits per heavy atom. The van der Waals surface area contributed by atoms with E-state index >= 15 is 0 Å². The quantitative estimate of drug-likeness (QED) is 0.778. The Morgan fingerprint density at radius 2 is 1.81 bits per heavy atom. The average Bonchev–Trinajstić information content (AvgIpc) is 2.22. The van der Waals surface area contributed by atoms with E-state index in [2.05, 4.69) is 18.7 Å². The van der Waals surface area contributed by atoms with E-state index in [1.807, 2.05) is 13.0 Å². The maximum absolute atomic E-state index is 13.5.